The van der Waals surface area contributed by atoms with E-state index >= 15 is 0 Å². The fourth-order valence-electron chi connectivity index (χ4n) is 3.64. The summed E-state index contributed by atoms with van der Waals surface area (Å²) in [7, 11) is 0. The highest BCUT2D eigenvalue weighted by atomic mass is 79.9. The second-order valence-corrected chi connectivity index (χ2v) is 10.5. The van der Waals surface area contributed by atoms with E-state index in [1.54, 1.807) is 11.8 Å². The van der Waals surface area contributed by atoms with E-state index in [0.717, 1.165) is 51.7 Å². The molecule has 0 aliphatic rings. The number of para-hydroxylation sites is 1. The summed E-state index contributed by atoms with van der Waals surface area (Å²) in [5, 5.41) is 13.6. The summed E-state index contributed by atoms with van der Waals surface area (Å²) < 4.78 is 3.28. The molecule has 0 aliphatic carbocycles. The van der Waals surface area contributed by atoms with Gasteiger partial charge in [0.2, 0.25) is 11.1 Å². The summed E-state index contributed by atoms with van der Waals surface area (Å²) in [4.78, 5) is 16.7. The Morgan fingerprint density at radius 2 is 1.88 bits per heavy atom. The predicted molar refractivity (Wildman–Crippen MR) is 138 cm³/mol. The Hall–Kier alpha value is -2.45. The first-order valence-corrected chi connectivity index (χ1v) is 13.0. The van der Waals surface area contributed by atoms with Crippen molar-refractivity contribution in [2.45, 2.75) is 44.8 Å². The number of nitrogens with zero attached hydrogens (tertiary/aromatic N) is 4. The molecule has 2 aromatic heterocycles. The summed E-state index contributed by atoms with van der Waals surface area (Å²) in [6, 6.07) is 16.6. The second kappa shape index (κ2) is 11.1. The van der Waals surface area contributed by atoms with E-state index in [1.807, 2.05) is 12.1 Å². The number of carbonyl (C=O) groups excluding carboxylic acids is 1. The molecule has 0 radical (unpaired) electrons. The van der Waals surface area contributed by atoms with Gasteiger partial charge in [-0.2, -0.15) is 0 Å². The molecule has 0 bridgehead atoms. The third-order valence-corrected chi connectivity index (χ3v) is 6.80. The maximum Gasteiger partial charge on any atom is 0.220 e. The fraction of sp³-hybridized carbons (Fsp3) is 0.360. The van der Waals surface area contributed by atoms with E-state index in [9.17, 15) is 4.79 Å². The van der Waals surface area contributed by atoms with Crippen LogP contribution in [0.2, 0.25) is 0 Å². The van der Waals surface area contributed by atoms with Crippen molar-refractivity contribution < 1.29 is 4.79 Å². The highest BCUT2D eigenvalue weighted by Gasteiger charge is 2.15. The van der Waals surface area contributed by atoms with E-state index in [1.165, 1.54) is 5.56 Å². The molecule has 6 nitrogen and oxygen atoms in total. The van der Waals surface area contributed by atoms with Gasteiger partial charge in [0, 0.05) is 35.1 Å². The van der Waals surface area contributed by atoms with Crippen LogP contribution in [0.15, 0.2) is 58.2 Å². The van der Waals surface area contributed by atoms with Crippen LogP contribution in [0.4, 0.5) is 0 Å². The summed E-state index contributed by atoms with van der Waals surface area (Å²) >= 11 is 5.10. The van der Waals surface area contributed by atoms with Gasteiger partial charge < -0.3 is 9.88 Å². The minimum atomic E-state index is 0.130. The number of rotatable bonds is 10. The number of thioether (sulfide) groups is 1. The number of unbranched alkanes of at least 4 members (excludes halogenated alkanes) is 1. The number of hydrogen-bond donors (Lipinski definition) is 1. The normalized spacial score (nSPS) is 11.5. The van der Waals surface area contributed by atoms with Crippen LogP contribution < -0.4 is 5.32 Å². The van der Waals surface area contributed by atoms with Gasteiger partial charge in [-0.1, -0.05) is 71.9 Å². The summed E-state index contributed by atoms with van der Waals surface area (Å²) in [5.41, 5.74) is 3.98. The summed E-state index contributed by atoms with van der Waals surface area (Å²) in [6.45, 7) is 5.65. The van der Waals surface area contributed by atoms with Crippen LogP contribution >= 0.6 is 27.7 Å². The number of benzene rings is 2. The third-order valence-electron chi connectivity index (χ3n) is 5.35. The predicted octanol–water partition coefficient (Wildman–Crippen LogP) is 5.82. The molecule has 8 heteroatoms. The van der Waals surface area contributed by atoms with Crippen LogP contribution in [0.5, 0.6) is 0 Å². The van der Waals surface area contributed by atoms with Crippen molar-refractivity contribution in [1.29, 1.82) is 0 Å². The van der Waals surface area contributed by atoms with E-state index in [-0.39, 0.29) is 5.91 Å². The van der Waals surface area contributed by atoms with Crippen LogP contribution in [0.3, 0.4) is 0 Å². The molecule has 0 spiro atoms. The van der Waals surface area contributed by atoms with Crippen molar-refractivity contribution in [3.63, 3.8) is 0 Å². The maximum atomic E-state index is 11.9. The highest BCUT2D eigenvalue weighted by molar-refractivity contribution is 9.10. The Labute approximate surface area is 206 Å². The van der Waals surface area contributed by atoms with Crippen molar-refractivity contribution in [3.05, 3.63) is 58.6 Å². The van der Waals surface area contributed by atoms with Gasteiger partial charge in [-0.25, -0.2) is 4.98 Å². The fourth-order valence-corrected chi connectivity index (χ4v) is 4.69. The van der Waals surface area contributed by atoms with E-state index in [4.69, 9.17) is 4.98 Å². The van der Waals surface area contributed by atoms with Crippen molar-refractivity contribution >= 4 is 55.7 Å². The molecule has 2 aromatic carbocycles. The van der Waals surface area contributed by atoms with Gasteiger partial charge in [-0.05, 0) is 42.5 Å². The van der Waals surface area contributed by atoms with Gasteiger partial charge in [0.15, 0.2) is 5.65 Å². The van der Waals surface area contributed by atoms with Gasteiger partial charge in [-0.3, -0.25) is 4.79 Å². The lowest BCUT2D eigenvalue weighted by atomic mass is 10.2. The van der Waals surface area contributed by atoms with Crippen LogP contribution in [0.25, 0.3) is 22.1 Å². The lowest BCUT2D eigenvalue weighted by molar-refractivity contribution is -0.121. The number of hydrogen-bond acceptors (Lipinski definition) is 5. The zero-order valence-electron chi connectivity index (χ0n) is 18.9. The van der Waals surface area contributed by atoms with Crippen molar-refractivity contribution in [2.75, 3.05) is 12.3 Å². The third kappa shape index (κ3) is 6.12. The largest absolute Gasteiger partial charge is 0.356 e. The zero-order valence-corrected chi connectivity index (χ0v) is 21.3. The summed E-state index contributed by atoms with van der Waals surface area (Å²) in [6.07, 6.45) is 2.35. The zero-order chi connectivity index (χ0) is 23.2. The minimum Gasteiger partial charge on any atom is -0.356 e. The molecule has 1 N–H and O–H groups in total. The van der Waals surface area contributed by atoms with Crippen LogP contribution in [-0.2, 0) is 11.3 Å². The number of aromatic nitrogens is 4. The molecule has 172 valence electrons. The molecular weight excluding hydrogens is 498 g/mol. The number of nitrogens with one attached hydrogen (secondary N) is 1. The molecule has 2 heterocycles. The Balaban J connectivity index is 1.45. The molecule has 4 aromatic rings. The first-order valence-electron chi connectivity index (χ1n) is 11.3. The van der Waals surface area contributed by atoms with E-state index in [0.29, 0.717) is 24.0 Å². The van der Waals surface area contributed by atoms with Gasteiger partial charge in [0.25, 0.3) is 0 Å². The molecular formula is C25H28BrN5OS. The SMILES string of the molecule is CC(C)CNC(=O)CCCCSc1nnc2c3ccccc3n(Cc3ccc(Br)cc3)c2n1. The molecule has 0 atom stereocenters. The Morgan fingerprint density at radius 1 is 1.09 bits per heavy atom. The molecule has 4 rings (SSSR count). The van der Waals surface area contributed by atoms with Crippen molar-refractivity contribution in [3.8, 4) is 0 Å². The molecule has 0 fully saturated rings. The number of carbonyl (C=O) groups is 1. The van der Waals surface area contributed by atoms with Crippen molar-refractivity contribution in [2.24, 2.45) is 5.92 Å². The smallest absolute Gasteiger partial charge is 0.220 e. The number of halogens is 1. The molecule has 33 heavy (non-hydrogen) atoms. The Bertz CT molecular complexity index is 1240. The average Bonchev–Trinajstić information content (AvgIpc) is 3.12. The maximum absolute atomic E-state index is 11.9. The molecule has 0 unspecified atom stereocenters. The van der Waals surface area contributed by atoms with E-state index in [2.05, 4.69) is 86.3 Å². The molecule has 0 saturated heterocycles. The minimum absolute atomic E-state index is 0.130. The molecule has 0 saturated carbocycles. The Kier molecular flexibility index (Phi) is 7.98. The molecule has 1 amide bonds. The number of fused-ring (bicyclic) bond motifs is 3. The standard InChI is InChI=1S/C25H28BrN5OS/c1-17(2)15-27-22(32)9-5-6-14-33-25-28-24-23(29-30-25)20-7-3-4-8-21(20)31(24)16-18-10-12-19(26)13-11-18/h3-4,7-8,10-13,17H,5-6,9,14-16H2,1-2H3,(H,27,32). The monoisotopic (exact) mass is 525 g/mol. The quantitative estimate of drug-likeness (QED) is 0.208. The van der Waals surface area contributed by atoms with Gasteiger partial charge in [-0.15, -0.1) is 10.2 Å². The first kappa shape index (κ1) is 23.7. The first-order chi connectivity index (χ1) is 16.0. The lowest BCUT2D eigenvalue weighted by Crippen LogP contribution is -2.26. The second-order valence-electron chi connectivity index (χ2n) is 8.50. The van der Waals surface area contributed by atoms with Crippen molar-refractivity contribution in [1.82, 2.24) is 25.1 Å². The van der Waals surface area contributed by atoms with Crippen LogP contribution in [0, 0.1) is 5.92 Å². The van der Waals surface area contributed by atoms with Gasteiger partial charge in [0.05, 0.1) is 5.52 Å². The Morgan fingerprint density at radius 3 is 2.67 bits per heavy atom. The topological polar surface area (TPSA) is 72.7 Å². The highest BCUT2D eigenvalue weighted by Crippen LogP contribution is 2.28. The van der Waals surface area contributed by atoms with E-state index < -0.39 is 0 Å². The average molecular weight is 527 g/mol. The van der Waals surface area contributed by atoms with Crippen LogP contribution in [-0.4, -0.2) is 38.0 Å². The van der Waals surface area contributed by atoms with Crippen LogP contribution in [0.1, 0.15) is 38.7 Å². The van der Waals surface area contributed by atoms with Gasteiger partial charge in [0.1, 0.15) is 5.52 Å². The summed E-state index contributed by atoms with van der Waals surface area (Å²) in [5.74, 6) is 1.46. The number of amides is 1. The lowest BCUT2D eigenvalue weighted by Gasteiger charge is -2.08. The molecule has 0 aliphatic heterocycles. The van der Waals surface area contributed by atoms with Gasteiger partial charge >= 0.3 is 0 Å².